The van der Waals surface area contributed by atoms with Crippen molar-refractivity contribution in [2.45, 2.75) is 47.1 Å². The molecule has 0 saturated carbocycles. The largest absolute Gasteiger partial charge is 0.459 e. The summed E-state index contributed by atoms with van der Waals surface area (Å²) in [5.74, 6) is 0.236. The third kappa shape index (κ3) is 6.05. The topological polar surface area (TPSA) is 26.3 Å². The molecule has 1 aromatic rings. The number of ether oxygens (including phenoxy) is 1. The maximum absolute atomic E-state index is 11.9. The van der Waals surface area contributed by atoms with Crippen LogP contribution in [0.3, 0.4) is 0 Å². The van der Waals surface area contributed by atoms with Crippen LogP contribution in [0.2, 0.25) is 0 Å². The summed E-state index contributed by atoms with van der Waals surface area (Å²) in [7, 11) is 0. The fourth-order valence-corrected chi connectivity index (χ4v) is 1.91. The number of hydrogen-bond donors (Lipinski definition) is 0. The van der Waals surface area contributed by atoms with E-state index in [1.807, 2.05) is 30.3 Å². The number of esters is 1. The maximum atomic E-state index is 11.9. The van der Waals surface area contributed by atoms with Gasteiger partial charge in [0.1, 0.15) is 6.10 Å². The number of carbonyl (C=O) groups excluding carboxylic acids is 1. The van der Waals surface area contributed by atoms with E-state index >= 15 is 0 Å². The minimum Gasteiger partial charge on any atom is -0.459 e. The molecule has 2 heteroatoms. The molecule has 0 heterocycles. The molecule has 0 aromatic heterocycles. The Labute approximate surface area is 122 Å². The lowest BCUT2D eigenvalue weighted by molar-refractivity contribution is -0.149. The van der Waals surface area contributed by atoms with Gasteiger partial charge < -0.3 is 4.74 Å². The summed E-state index contributed by atoms with van der Waals surface area (Å²) in [4.78, 5) is 11.9. The highest BCUT2D eigenvalue weighted by molar-refractivity contribution is 5.87. The molecule has 0 aliphatic carbocycles. The second-order valence-electron chi connectivity index (χ2n) is 6.67. The summed E-state index contributed by atoms with van der Waals surface area (Å²) in [6.07, 6.45) is 4.12. The number of carbonyl (C=O) groups is 1. The molecule has 0 spiro atoms. The second-order valence-corrected chi connectivity index (χ2v) is 6.67. The Balaban J connectivity index is 2.65. The molecule has 1 atom stereocenters. The third-order valence-electron chi connectivity index (χ3n) is 3.12. The lowest BCUT2D eigenvalue weighted by atomic mass is 9.84. The van der Waals surface area contributed by atoms with Crippen molar-refractivity contribution in [3.8, 4) is 0 Å². The van der Waals surface area contributed by atoms with E-state index in [1.54, 1.807) is 6.08 Å². The van der Waals surface area contributed by atoms with Gasteiger partial charge in [0.05, 0.1) is 0 Å². The van der Waals surface area contributed by atoms with Crippen molar-refractivity contribution in [1.82, 2.24) is 0 Å². The third-order valence-corrected chi connectivity index (χ3v) is 3.12. The van der Waals surface area contributed by atoms with E-state index in [4.69, 9.17) is 4.74 Å². The summed E-state index contributed by atoms with van der Waals surface area (Å²) in [5, 5.41) is 0. The summed E-state index contributed by atoms with van der Waals surface area (Å²) >= 11 is 0. The van der Waals surface area contributed by atoms with Crippen LogP contribution in [-0.4, -0.2) is 12.1 Å². The smallest absolute Gasteiger partial charge is 0.331 e. The first-order valence-corrected chi connectivity index (χ1v) is 7.23. The normalized spacial score (nSPS) is 13.7. The number of hydrogen-bond acceptors (Lipinski definition) is 2. The standard InChI is InChI=1S/C18H26O2/c1-14(2)13-16(18(3,4)5)20-17(19)12-11-15-9-7-6-8-10-15/h6-12,14,16H,13H2,1-5H3/b12-11+. The van der Waals surface area contributed by atoms with Crippen LogP contribution in [0.25, 0.3) is 6.08 Å². The minimum absolute atomic E-state index is 0.0412. The Morgan fingerprint density at radius 1 is 1.20 bits per heavy atom. The SMILES string of the molecule is CC(C)CC(OC(=O)/C=C/c1ccccc1)C(C)(C)C. The summed E-state index contributed by atoms with van der Waals surface area (Å²) < 4.78 is 5.62. The summed E-state index contributed by atoms with van der Waals surface area (Å²) in [6, 6.07) is 9.76. The van der Waals surface area contributed by atoms with Crippen molar-refractivity contribution in [3.63, 3.8) is 0 Å². The molecule has 110 valence electrons. The lowest BCUT2D eigenvalue weighted by Gasteiger charge is -2.31. The van der Waals surface area contributed by atoms with Crippen molar-refractivity contribution in [2.24, 2.45) is 11.3 Å². The molecule has 20 heavy (non-hydrogen) atoms. The molecule has 1 rings (SSSR count). The quantitative estimate of drug-likeness (QED) is 0.574. The zero-order valence-electron chi connectivity index (χ0n) is 13.2. The molecule has 1 aromatic carbocycles. The van der Waals surface area contributed by atoms with E-state index < -0.39 is 0 Å². The van der Waals surface area contributed by atoms with E-state index in [0.29, 0.717) is 5.92 Å². The van der Waals surface area contributed by atoms with Gasteiger partial charge >= 0.3 is 5.97 Å². The highest BCUT2D eigenvalue weighted by atomic mass is 16.5. The van der Waals surface area contributed by atoms with Crippen molar-refractivity contribution >= 4 is 12.0 Å². The van der Waals surface area contributed by atoms with E-state index in [1.165, 1.54) is 6.08 Å². The minimum atomic E-state index is -0.269. The van der Waals surface area contributed by atoms with Crippen molar-refractivity contribution in [3.05, 3.63) is 42.0 Å². The van der Waals surface area contributed by atoms with Gasteiger partial charge in [0.15, 0.2) is 0 Å². The van der Waals surface area contributed by atoms with Gasteiger partial charge in [-0.2, -0.15) is 0 Å². The Morgan fingerprint density at radius 3 is 2.30 bits per heavy atom. The van der Waals surface area contributed by atoms with Gasteiger partial charge in [0.25, 0.3) is 0 Å². The maximum Gasteiger partial charge on any atom is 0.331 e. The van der Waals surface area contributed by atoms with Crippen LogP contribution in [0.4, 0.5) is 0 Å². The zero-order chi connectivity index (χ0) is 15.2. The predicted molar refractivity (Wildman–Crippen MR) is 84.3 cm³/mol. The molecular weight excluding hydrogens is 248 g/mol. The molecule has 0 fully saturated rings. The van der Waals surface area contributed by atoms with Gasteiger partial charge in [0, 0.05) is 6.08 Å². The Morgan fingerprint density at radius 2 is 1.80 bits per heavy atom. The van der Waals surface area contributed by atoms with Gasteiger partial charge in [-0.15, -0.1) is 0 Å². The first-order chi connectivity index (χ1) is 9.29. The number of rotatable bonds is 5. The van der Waals surface area contributed by atoms with E-state index in [2.05, 4.69) is 34.6 Å². The zero-order valence-corrected chi connectivity index (χ0v) is 13.2. The van der Waals surface area contributed by atoms with Gasteiger partial charge in [-0.05, 0) is 29.4 Å². The molecule has 0 bridgehead atoms. The number of benzene rings is 1. The van der Waals surface area contributed by atoms with Crippen LogP contribution in [0, 0.1) is 11.3 Å². The average molecular weight is 274 g/mol. The Bertz CT molecular complexity index is 438. The molecule has 0 amide bonds. The molecular formula is C18H26O2. The predicted octanol–water partition coefficient (Wildman–Crippen LogP) is 4.70. The van der Waals surface area contributed by atoms with E-state index in [-0.39, 0.29) is 17.5 Å². The van der Waals surface area contributed by atoms with Gasteiger partial charge in [-0.25, -0.2) is 4.79 Å². The van der Waals surface area contributed by atoms with Crippen LogP contribution in [0.5, 0.6) is 0 Å². The van der Waals surface area contributed by atoms with Crippen LogP contribution in [0.1, 0.15) is 46.6 Å². The van der Waals surface area contributed by atoms with Crippen molar-refractivity contribution < 1.29 is 9.53 Å². The summed E-state index contributed by atoms with van der Waals surface area (Å²) in [5.41, 5.74) is 0.959. The lowest BCUT2D eigenvalue weighted by Crippen LogP contribution is -2.32. The van der Waals surface area contributed by atoms with Gasteiger partial charge in [0.2, 0.25) is 0 Å². The molecule has 0 radical (unpaired) electrons. The summed E-state index contributed by atoms with van der Waals surface area (Å²) in [6.45, 7) is 10.6. The molecule has 2 nitrogen and oxygen atoms in total. The first-order valence-electron chi connectivity index (χ1n) is 7.23. The van der Waals surface area contributed by atoms with Crippen LogP contribution < -0.4 is 0 Å². The van der Waals surface area contributed by atoms with Crippen LogP contribution in [-0.2, 0) is 9.53 Å². The highest BCUT2D eigenvalue weighted by Crippen LogP contribution is 2.27. The van der Waals surface area contributed by atoms with E-state index in [0.717, 1.165) is 12.0 Å². The van der Waals surface area contributed by atoms with E-state index in [9.17, 15) is 4.79 Å². The fraction of sp³-hybridized carbons (Fsp3) is 0.500. The first kappa shape index (κ1) is 16.5. The van der Waals surface area contributed by atoms with Crippen molar-refractivity contribution in [2.75, 3.05) is 0 Å². The Hall–Kier alpha value is -1.57. The molecule has 0 saturated heterocycles. The monoisotopic (exact) mass is 274 g/mol. The molecule has 0 aliphatic heterocycles. The van der Waals surface area contributed by atoms with Crippen LogP contribution >= 0.6 is 0 Å². The second kappa shape index (κ2) is 7.28. The highest BCUT2D eigenvalue weighted by Gasteiger charge is 2.28. The van der Waals surface area contributed by atoms with Crippen LogP contribution in [0.15, 0.2) is 36.4 Å². The van der Waals surface area contributed by atoms with Gasteiger partial charge in [-0.3, -0.25) is 0 Å². The molecule has 0 N–H and O–H groups in total. The molecule has 1 unspecified atom stereocenters. The van der Waals surface area contributed by atoms with Crippen molar-refractivity contribution in [1.29, 1.82) is 0 Å². The fourth-order valence-electron chi connectivity index (χ4n) is 1.91. The molecule has 0 aliphatic rings. The average Bonchev–Trinajstić information content (AvgIpc) is 2.35. The Kier molecular flexibility index (Phi) is 6.00. The van der Waals surface area contributed by atoms with Gasteiger partial charge in [-0.1, -0.05) is 65.0 Å².